The number of pyridine rings is 1. The molecule has 96 valence electrons. The molecule has 1 fully saturated rings. The average Bonchev–Trinajstić information content (AvgIpc) is 2.52. The Kier molecular flexibility index (Phi) is 4.29. The van der Waals surface area contributed by atoms with Crippen molar-refractivity contribution in [2.45, 2.75) is 25.9 Å². The molecule has 4 heteroatoms. The van der Waals surface area contributed by atoms with Crippen molar-refractivity contribution in [3.8, 4) is 6.07 Å². The van der Waals surface area contributed by atoms with Crippen LogP contribution in [0.2, 0.25) is 0 Å². The topological polar surface area (TPSA) is 43.2 Å². The molecule has 1 aliphatic heterocycles. The van der Waals surface area contributed by atoms with Crippen molar-refractivity contribution in [3.05, 3.63) is 29.6 Å². The van der Waals surface area contributed by atoms with Crippen LogP contribution in [0.3, 0.4) is 0 Å². The van der Waals surface area contributed by atoms with Crippen molar-refractivity contribution in [3.63, 3.8) is 0 Å². The Balaban J connectivity index is 2.10. The highest BCUT2D eigenvalue weighted by atomic mass is 15.2. The fourth-order valence-electron chi connectivity index (χ4n) is 2.54. The second kappa shape index (κ2) is 5.94. The van der Waals surface area contributed by atoms with E-state index >= 15 is 0 Å². The third-order valence-electron chi connectivity index (χ3n) is 3.56. The van der Waals surface area contributed by atoms with Crippen LogP contribution in [0, 0.1) is 11.3 Å². The van der Waals surface area contributed by atoms with Gasteiger partial charge in [0.2, 0.25) is 0 Å². The fraction of sp³-hybridized carbons (Fsp3) is 0.571. The standard InChI is InChI=1S/C14H20N4/c1-12-10-17(2)7-4-8-18(12)11-13-5-3-6-16-14(13)9-15/h3,5-6,12H,4,7-8,10-11H2,1-2H3. The van der Waals surface area contributed by atoms with Crippen LogP contribution in [-0.4, -0.2) is 47.5 Å². The highest BCUT2D eigenvalue weighted by molar-refractivity contribution is 5.30. The number of rotatable bonds is 2. The molecular formula is C14H20N4. The third kappa shape index (κ3) is 3.06. The maximum atomic E-state index is 9.07. The minimum Gasteiger partial charge on any atom is -0.305 e. The van der Waals surface area contributed by atoms with Gasteiger partial charge in [-0.3, -0.25) is 4.90 Å². The van der Waals surface area contributed by atoms with Gasteiger partial charge in [-0.1, -0.05) is 6.07 Å². The van der Waals surface area contributed by atoms with Crippen LogP contribution >= 0.6 is 0 Å². The molecule has 0 N–H and O–H groups in total. The molecule has 1 saturated heterocycles. The summed E-state index contributed by atoms with van der Waals surface area (Å²) in [5.74, 6) is 0. The Hall–Kier alpha value is -1.44. The second-order valence-corrected chi connectivity index (χ2v) is 5.06. The summed E-state index contributed by atoms with van der Waals surface area (Å²) in [4.78, 5) is 8.95. The van der Waals surface area contributed by atoms with Crippen LogP contribution in [0.15, 0.2) is 18.3 Å². The van der Waals surface area contributed by atoms with Gasteiger partial charge in [-0.15, -0.1) is 0 Å². The summed E-state index contributed by atoms with van der Waals surface area (Å²) in [6.07, 6.45) is 2.87. The number of aromatic nitrogens is 1. The lowest BCUT2D eigenvalue weighted by molar-refractivity contribution is 0.194. The molecule has 0 aliphatic carbocycles. The Labute approximate surface area is 109 Å². The summed E-state index contributed by atoms with van der Waals surface area (Å²) in [6, 6.07) is 6.61. The van der Waals surface area contributed by atoms with Crippen LogP contribution in [0.25, 0.3) is 0 Å². The molecule has 1 aliphatic rings. The maximum absolute atomic E-state index is 9.07. The molecule has 2 heterocycles. The number of likely N-dealkylation sites (N-methyl/N-ethyl adjacent to an activating group) is 1. The zero-order valence-corrected chi connectivity index (χ0v) is 11.1. The van der Waals surface area contributed by atoms with Gasteiger partial charge in [-0.05, 0) is 33.0 Å². The number of hydrogen-bond acceptors (Lipinski definition) is 4. The quantitative estimate of drug-likeness (QED) is 0.790. The Morgan fingerprint density at radius 2 is 2.33 bits per heavy atom. The molecule has 0 radical (unpaired) electrons. The van der Waals surface area contributed by atoms with Gasteiger partial charge in [0.25, 0.3) is 0 Å². The van der Waals surface area contributed by atoms with Crippen molar-refractivity contribution in [1.82, 2.24) is 14.8 Å². The summed E-state index contributed by atoms with van der Waals surface area (Å²) >= 11 is 0. The average molecular weight is 244 g/mol. The minimum absolute atomic E-state index is 0.518. The van der Waals surface area contributed by atoms with E-state index in [1.807, 2.05) is 12.1 Å². The molecule has 0 spiro atoms. The highest BCUT2D eigenvalue weighted by Crippen LogP contribution is 2.14. The van der Waals surface area contributed by atoms with Crippen LogP contribution in [0.1, 0.15) is 24.6 Å². The maximum Gasteiger partial charge on any atom is 0.144 e. The molecule has 4 nitrogen and oxygen atoms in total. The van der Waals surface area contributed by atoms with Gasteiger partial charge in [0.05, 0.1) is 0 Å². The number of nitrogens with zero attached hydrogens (tertiary/aromatic N) is 4. The van der Waals surface area contributed by atoms with Gasteiger partial charge >= 0.3 is 0 Å². The molecule has 0 saturated carbocycles. The van der Waals surface area contributed by atoms with E-state index in [1.165, 1.54) is 6.42 Å². The molecule has 0 amide bonds. The SMILES string of the molecule is CC1CN(C)CCCN1Cc1cccnc1C#N. The largest absolute Gasteiger partial charge is 0.305 e. The molecule has 18 heavy (non-hydrogen) atoms. The molecular weight excluding hydrogens is 224 g/mol. The van der Waals surface area contributed by atoms with Gasteiger partial charge in [0, 0.05) is 37.4 Å². The molecule has 1 aromatic rings. The minimum atomic E-state index is 0.518. The molecule has 0 aromatic carbocycles. The number of hydrogen-bond donors (Lipinski definition) is 0. The molecule has 2 rings (SSSR count). The van der Waals surface area contributed by atoms with E-state index < -0.39 is 0 Å². The van der Waals surface area contributed by atoms with E-state index in [2.05, 4.69) is 34.8 Å². The first-order chi connectivity index (χ1) is 8.70. The molecule has 1 aromatic heterocycles. The van der Waals surface area contributed by atoms with Crippen LogP contribution in [-0.2, 0) is 6.54 Å². The lowest BCUT2D eigenvalue weighted by Gasteiger charge is -2.27. The lowest BCUT2D eigenvalue weighted by Crippen LogP contribution is -2.37. The monoisotopic (exact) mass is 244 g/mol. The number of nitriles is 1. The first-order valence-corrected chi connectivity index (χ1v) is 6.47. The predicted molar refractivity (Wildman–Crippen MR) is 70.9 cm³/mol. The fourth-order valence-corrected chi connectivity index (χ4v) is 2.54. The van der Waals surface area contributed by atoms with Crippen LogP contribution in [0.4, 0.5) is 0 Å². The summed E-state index contributed by atoms with van der Waals surface area (Å²) in [7, 11) is 2.17. The lowest BCUT2D eigenvalue weighted by atomic mass is 10.1. The van der Waals surface area contributed by atoms with E-state index in [1.54, 1.807) is 6.20 Å². The van der Waals surface area contributed by atoms with Crippen LogP contribution < -0.4 is 0 Å². The van der Waals surface area contributed by atoms with E-state index in [0.29, 0.717) is 11.7 Å². The zero-order valence-electron chi connectivity index (χ0n) is 11.1. The molecule has 1 unspecified atom stereocenters. The summed E-state index contributed by atoms with van der Waals surface area (Å²) < 4.78 is 0. The van der Waals surface area contributed by atoms with Gasteiger partial charge < -0.3 is 4.90 Å². The predicted octanol–water partition coefficient (Wildman–Crippen LogP) is 1.48. The smallest absolute Gasteiger partial charge is 0.144 e. The van der Waals surface area contributed by atoms with Crippen molar-refractivity contribution >= 4 is 0 Å². The van der Waals surface area contributed by atoms with Crippen LogP contribution in [0.5, 0.6) is 0 Å². The zero-order chi connectivity index (χ0) is 13.0. The van der Waals surface area contributed by atoms with Gasteiger partial charge in [0.1, 0.15) is 11.8 Å². The third-order valence-corrected chi connectivity index (χ3v) is 3.56. The van der Waals surface area contributed by atoms with E-state index in [4.69, 9.17) is 5.26 Å². The highest BCUT2D eigenvalue weighted by Gasteiger charge is 2.20. The van der Waals surface area contributed by atoms with Gasteiger partial charge in [-0.25, -0.2) is 4.98 Å². The van der Waals surface area contributed by atoms with Gasteiger partial charge in [-0.2, -0.15) is 5.26 Å². The normalized spacial score (nSPS) is 22.4. The first kappa shape index (κ1) is 13.0. The van der Waals surface area contributed by atoms with E-state index in [9.17, 15) is 0 Å². The van der Waals surface area contributed by atoms with Crippen molar-refractivity contribution in [1.29, 1.82) is 5.26 Å². The van der Waals surface area contributed by atoms with Crippen molar-refractivity contribution in [2.75, 3.05) is 26.7 Å². The van der Waals surface area contributed by atoms with E-state index in [-0.39, 0.29) is 0 Å². The summed E-state index contributed by atoms with van der Waals surface area (Å²) in [6.45, 7) is 6.41. The van der Waals surface area contributed by atoms with Crippen molar-refractivity contribution in [2.24, 2.45) is 0 Å². The second-order valence-electron chi connectivity index (χ2n) is 5.06. The van der Waals surface area contributed by atoms with Gasteiger partial charge in [0.15, 0.2) is 0 Å². The molecule has 1 atom stereocenters. The summed E-state index contributed by atoms with van der Waals surface area (Å²) in [5.41, 5.74) is 1.60. The summed E-state index contributed by atoms with van der Waals surface area (Å²) in [5, 5.41) is 9.07. The Morgan fingerprint density at radius 3 is 3.11 bits per heavy atom. The Bertz CT molecular complexity index is 438. The molecule has 0 bridgehead atoms. The van der Waals surface area contributed by atoms with Crippen molar-refractivity contribution < 1.29 is 0 Å². The first-order valence-electron chi connectivity index (χ1n) is 6.47. The Morgan fingerprint density at radius 1 is 1.50 bits per heavy atom. The van der Waals surface area contributed by atoms with E-state index in [0.717, 1.165) is 31.7 Å².